The van der Waals surface area contributed by atoms with Gasteiger partial charge in [-0.1, -0.05) is 31.4 Å². The van der Waals surface area contributed by atoms with Gasteiger partial charge in [0.05, 0.1) is 0 Å². The van der Waals surface area contributed by atoms with Gasteiger partial charge in [-0.05, 0) is 31.1 Å². The van der Waals surface area contributed by atoms with Gasteiger partial charge in [-0.3, -0.25) is 0 Å². The van der Waals surface area contributed by atoms with Crippen LogP contribution in [0.15, 0.2) is 19.2 Å². The van der Waals surface area contributed by atoms with Crippen molar-refractivity contribution in [2.24, 2.45) is 0 Å². The summed E-state index contributed by atoms with van der Waals surface area (Å²) in [6.45, 7) is 11.7. The monoisotopic (exact) mass is 190 g/mol. The van der Waals surface area contributed by atoms with Crippen LogP contribution in [0.4, 0.5) is 0 Å². The second-order valence-corrected chi connectivity index (χ2v) is 3.86. The maximum atomic E-state index is 3.82. The summed E-state index contributed by atoms with van der Waals surface area (Å²) in [5.74, 6) is 0. The fourth-order valence-corrected chi connectivity index (χ4v) is 2.42. The van der Waals surface area contributed by atoms with Gasteiger partial charge in [-0.25, -0.2) is 0 Å². The standard InChI is InChI=1S/C12H14S/c1-5-8-12-10(6-2)9(4)11(7-3)13-12/h5-8H,2-3H2,1,4H3/b8-5-. The zero-order chi connectivity index (χ0) is 9.84. The third-order valence-corrected chi connectivity index (χ3v) is 3.24. The Morgan fingerprint density at radius 2 is 1.85 bits per heavy atom. The molecule has 0 aromatic carbocycles. The van der Waals surface area contributed by atoms with Gasteiger partial charge in [0.15, 0.2) is 0 Å². The quantitative estimate of drug-likeness (QED) is 0.663. The Morgan fingerprint density at radius 1 is 1.15 bits per heavy atom. The first kappa shape index (κ1) is 10.0. The average Bonchev–Trinajstić information content (AvgIpc) is 2.43. The molecule has 0 amide bonds. The van der Waals surface area contributed by atoms with E-state index in [0.717, 1.165) is 0 Å². The predicted octanol–water partition coefficient (Wildman–Crippen LogP) is 4.38. The molecule has 0 N–H and O–H groups in total. The maximum absolute atomic E-state index is 3.82. The predicted molar refractivity (Wildman–Crippen MR) is 63.9 cm³/mol. The molecular weight excluding hydrogens is 176 g/mol. The number of allylic oxidation sites excluding steroid dienone is 1. The van der Waals surface area contributed by atoms with Crippen LogP contribution in [0.25, 0.3) is 18.2 Å². The lowest BCUT2D eigenvalue weighted by atomic mass is 10.1. The van der Waals surface area contributed by atoms with Gasteiger partial charge in [0, 0.05) is 9.75 Å². The van der Waals surface area contributed by atoms with E-state index in [2.05, 4.69) is 26.2 Å². The minimum atomic E-state index is 1.23. The lowest BCUT2D eigenvalue weighted by molar-refractivity contribution is 1.50. The van der Waals surface area contributed by atoms with Crippen LogP contribution in [-0.4, -0.2) is 0 Å². The van der Waals surface area contributed by atoms with Crippen molar-refractivity contribution in [3.8, 4) is 0 Å². The molecule has 0 nitrogen and oxygen atoms in total. The molecule has 0 saturated carbocycles. The fraction of sp³-hybridized carbons (Fsp3) is 0.167. The normalized spacial score (nSPS) is 10.6. The average molecular weight is 190 g/mol. The first-order valence-corrected chi connectivity index (χ1v) is 5.07. The summed E-state index contributed by atoms with van der Waals surface area (Å²) >= 11 is 1.76. The van der Waals surface area contributed by atoms with E-state index in [1.807, 2.05) is 25.2 Å². The summed E-state index contributed by atoms with van der Waals surface area (Å²) in [4.78, 5) is 2.51. The van der Waals surface area contributed by atoms with E-state index < -0.39 is 0 Å². The van der Waals surface area contributed by atoms with Gasteiger partial charge >= 0.3 is 0 Å². The zero-order valence-corrected chi connectivity index (χ0v) is 8.95. The van der Waals surface area contributed by atoms with Crippen molar-refractivity contribution in [1.29, 1.82) is 0 Å². The highest BCUT2D eigenvalue weighted by Crippen LogP contribution is 2.30. The first-order valence-electron chi connectivity index (χ1n) is 4.25. The molecule has 0 radical (unpaired) electrons. The van der Waals surface area contributed by atoms with E-state index in [-0.39, 0.29) is 0 Å². The first-order chi connectivity index (χ1) is 6.24. The van der Waals surface area contributed by atoms with Crippen molar-refractivity contribution in [2.75, 3.05) is 0 Å². The van der Waals surface area contributed by atoms with Crippen LogP contribution in [0.1, 0.15) is 27.8 Å². The van der Waals surface area contributed by atoms with E-state index in [1.54, 1.807) is 11.3 Å². The van der Waals surface area contributed by atoms with Crippen LogP contribution in [0.5, 0.6) is 0 Å². The molecule has 1 heterocycles. The minimum Gasteiger partial charge on any atom is -0.136 e. The van der Waals surface area contributed by atoms with Crippen molar-refractivity contribution in [1.82, 2.24) is 0 Å². The summed E-state index contributed by atoms with van der Waals surface area (Å²) in [5.41, 5.74) is 2.51. The van der Waals surface area contributed by atoms with Crippen LogP contribution in [0.3, 0.4) is 0 Å². The number of hydrogen-bond donors (Lipinski definition) is 0. The molecular formula is C12H14S. The lowest BCUT2D eigenvalue weighted by Gasteiger charge is -1.92. The number of rotatable bonds is 3. The van der Waals surface area contributed by atoms with Crippen molar-refractivity contribution in [3.05, 3.63) is 40.1 Å². The molecule has 1 rings (SSSR count). The van der Waals surface area contributed by atoms with Crippen molar-refractivity contribution >= 4 is 29.6 Å². The molecule has 0 saturated heterocycles. The van der Waals surface area contributed by atoms with Crippen LogP contribution >= 0.6 is 11.3 Å². The van der Waals surface area contributed by atoms with Gasteiger partial charge in [0.2, 0.25) is 0 Å². The molecule has 13 heavy (non-hydrogen) atoms. The van der Waals surface area contributed by atoms with Gasteiger partial charge in [-0.15, -0.1) is 11.3 Å². The molecule has 1 aromatic rings. The summed E-state index contributed by atoms with van der Waals surface area (Å²) in [6, 6.07) is 0. The Bertz CT molecular complexity index is 353. The molecule has 0 fully saturated rings. The van der Waals surface area contributed by atoms with Crippen LogP contribution in [0, 0.1) is 6.92 Å². The molecule has 0 aliphatic heterocycles. The summed E-state index contributed by atoms with van der Waals surface area (Å²) < 4.78 is 0. The smallest absolute Gasteiger partial charge is 0.0348 e. The van der Waals surface area contributed by atoms with Crippen molar-refractivity contribution < 1.29 is 0 Å². The van der Waals surface area contributed by atoms with Gasteiger partial charge in [-0.2, -0.15) is 0 Å². The van der Waals surface area contributed by atoms with E-state index in [1.165, 1.54) is 20.9 Å². The highest BCUT2D eigenvalue weighted by atomic mass is 32.1. The minimum absolute atomic E-state index is 1.23. The third kappa shape index (κ3) is 1.81. The molecule has 68 valence electrons. The van der Waals surface area contributed by atoms with E-state index in [0.29, 0.717) is 0 Å². The summed E-state index contributed by atoms with van der Waals surface area (Å²) in [7, 11) is 0. The largest absolute Gasteiger partial charge is 0.136 e. The highest BCUT2D eigenvalue weighted by Gasteiger charge is 2.07. The topological polar surface area (TPSA) is 0 Å². The molecule has 0 aliphatic carbocycles. The molecule has 1 heteroatoms. The van der Waals surface area contributed by atoms with Crippen LogP contribution in [-0.2, 0) is 0 Å². The lowest BCUT2D eigenvalue weighted by Crippen LogP contribution is -1.75. The van der Waals surface area contributed by atoms with Crippen molar-refractivity contribution in [2.45, 2.75) is 13.8 Å². The molecule has 0 aliphatic rings. The van der Waals surface area contributed by atoms with E-state index in [4.69, 9.17) is 0 Å². The molecule has 1 aromatic heterocycles. The third-order valence-electron chi connectivity index (χ3n) is 1.97. The Balaban J connectivity index is 3.34. The molecule has 0 atom stereocenters. The number of hydrogen-bond acceptors (Lipinski definition) is 1. The Labute approximate surface area is 83.9 Å². The fourth-order valence-electron chi connectivity index (χ4n) is 1.29. The van der Waals surface area contributed by atoms with Gasteiger partial charge in [0.25, 0.3) is 0 Å². The maximum Gasteiger partial charge on any atom is 0.0348 e. The Morgan fingerprint density at radius 3 is 2.31 bits per heavy atom. The summed E-state index contributed by atoms with van der Waals surface area (Å²) in [5, 5.41) is 0. The Kier molecular flexibility index (Phi) is 3.26. The second-order valence-electron chi connectivity index (χ2n) is 2.78. The molecule has 0 unspecified atom stereocenters. The van der Waals surface area contributed by atoms with E-state index >= 15 is 0 Å². The van der Waals surface area contributed by atoms with Crippen LogP contribution < -0.4 is 0 Å². The van der Waals surface area contributed by atoms with Crippen molar-refractivity contribution in [3.63, 3.8) is 0 Å². The SMILES string of the molecule is C=Cc1sc(/C=C\C)c(C=C)c1C. The zero-order valence-electron chi connectivity index (χ0n) is 8.13. The van der Waals surface area contributed by atoms with Gasteiger partial charge in [0.1, 0.15) is 0 Å². The van der Waals surface area contributed by atoms with Gasteiger partial charge < -0.3 is 0 Å². The Hall–Kier alpha value is -1.08. The number of thiophene rings is 1. The molecule has 0 spiro atoms. The highest BCUT2D eigenvalue weighted by molar-refractivity contribution is 7.14. The molecule has 0 bridgehead atoms. The van der Waals surface area contributed by atoms with Crippen LogP contribution in [0.2, 0.25) is 0 Å². The summed E-state index contributed by atoms with van der Waals surface area (Å²) in [6.07, 6.45) is 7.97. The second kappa shape index (κ2) is 4.24. The van der Waals surface area contributed by atoms with E-state index in [9.17, 15) is 0 Å².